The van der Waals surface area contributed by atoms with E-state index in [1.54, 1.807) is 0 Å². The molecule has 0 spiro atoms. The van der Waals surface area contributed by atoms with Crippen molar-refractivity contribution in [1.82, 2.24) is 0 Å². The van der Waals surface area contributed by atoms with Gasteiger partial charge in [-0.15, -0.1) is 0 Å². The number of nitrogens with zero attached hydrogens (tertiary/aromatic N) is 2. The number of allylic oxidation sites excluding steroid dienone is 8. The lowest BCUT2D eigenvalue weighted by Gasteiger charge is -2.33. The van der Waals surface area contributed by atoms with Gasteiger partial charge in [-0.05, 0) is 240 Å². The van der Waals surface area contributed by atoms with Crippen LogP contribution in [0.1, 0.15) is 158 Å². The monoisotopic (exact) mass is 1250 g/mol. The molecule has 0 fully saturated rings. The van der Waals surface area contributed by atoms with Crippen LogP contribution in [0.4, 0.5) is 22.7 Å². The summed E-state index contributed by atoms with van der Waals surface area (Å²) in [4.78, 5) is 4.95. The molecule has 0 saturated carbocycles. The number of hydrogen-bond donors (Lipinski definition) is 0. The Labute approximate surface area is 574 Å². The van der Waals surface area contributed by atoms with E-state index < -0.39 is 0 Å². The van der Waals surface area contributed by atoms with Gasteiger partial charge in [-0.1, -0.05) is 271 Å². The molecule has 472 valence electrons. The molecule has 0 amide bonds. The van der Waals surface area contributed by atoms with Gasteiger partial charge in [0.05, 0.1) is 0 Å². The minimum absolute atomic E-state index is 0.163. The van der Waals surface area contributed by atoms with E-state index in [1.165, 1.54) is 156 Å². The van der Waals surface area contributed by atoms with E-state index in [2.05, 4.69) is 350 Å². The molecule has 0 bridgehead atoms. The standard InChI is InChI=1S/C95H82N2/c1-61-17-37-75(38-18-61)96(77-41-33-69(34-42-77)73-31-29-67-13-9-11-15-71(67)57-73)79-45-51-85-83-49-27-65(55-89(83)94(5,6)91(85)59-79)23-21-63-25-47-81-82-48-26-64(54-88(82)93(3,4)87(81)53-63)22-24-66-28-50-84-86-52-46-80(60-92(86)95(7,8)90(84)56-66)97(76-39-19-62(2)20-40-76)78-43-35-70(36-44-78)74-32-30-68-14-10-12-16-72(68)58-74/h9,11-13,15-19,21-35,37-39,41-60,70H,10,14,20,36,40H2,1-8H3/b23-21+,24-22+. The topological polar surface area (TPSA) is 6.48 Å². The molecule has 6 aliphatic rings. The smallest absolute Gasteiger partial charge is 0.0465 e. The van der Waals surface area contributed by atoms with Gasteiger partial charge in [0, 0.05) is 56.3 Å². The summed E-state index contributed by atoms with van der Waals surface area (Å²) in [6.07, 6.45) is 31.2. The largest absolute Gasteiger partial charge is 0.315 e. The normalized spacial score (nSPS) is 17.0. The molecule has 1 unspecified atom stereocenters. The van der Waals surface area contributed by atoms with Gasteiger partial charge in [-0.3, -0.25) is 0 Å². The molecule has 0 heterocycles. The highest BCUT2D eigenvalue weighted by atomic mass is 15.2. The van der Waals surface area contributed by atoms with Crippen LogP contribution in [-0.2, 0) is 22.7 Å². The molecule has 11 aromatic carbocycles. The maximum Gasteiger partial charge on any atom is 0.0465 e. The third-order valence-corrected chi connectivity index (χ3v) is 22.5. The molecule has 6 aliphatic carbocycles. The van der Waals surface area contributed by atoms with Crippen molar-refractivity contribution in [2.45, 2.75) is 110 Å². The van der Waals surface area contributed by atoms with E-state index in [0.717, 1.165) is 49.2 Å². The van der Waals surface area contributed by atoms with E-state index in [4.69, 9.17) is 0 Å². The molecule has 1 atom stereocenters. The molecule has 0 N–H and O–H groups in total. The SMILES string of the molecule is CC1=CC=C(N(C2=CCC(c3ccc4c(c3)C=CCC4)C=C2)c2ccc3c(c2)C(C)(C)c2cc(/C=C/c4ccc5c(c4)C(C)(C)c4cc(/C=C/c6ccc7c(c6)C(C)(C)c6cc(N(c8ccc(C)cc8)c8ccc(-c9ccc%10ccccc%10c9)cc8)ccc6-7)ccc4-5)ccc2-3)CC1. The molecular formula is C95H82N2. The summed E-state index contributed by atoms with van der Waals surface area (Å²) in [5.41, 5.74) is 37.2. The second-order valence-corrected chi connectivity index (χ2v) is 29.7. The number of fused-ring (bicyclic) bond motifs is 11. The molecule has 97 heavy (non-hydrogen) atoms. The van der Waals surface area contributed by atoms with Crippen molar-refractivity contribution in [3.05, 3.63) is 350 Å². The van der Waals surface area contributed by atoms with E-state index in [-0.39, 0.29) is 16.2 Å². The van der Waals surface area contributed by atoms with Gasteiger partial charge >= 0.3 is 0 Å². The Morgan fingerprint density at radius 2 is 0.876 bits per heavy atom. The van der Waals surface area contributed by atoms with Crippen molar-refractivity contribution in [2.75, 3.05) is 9.80 Å². The lowest BCUT2D eigenvalue weighted by atomic mass is 9.81. The van der Waals surface area contributed by atoms with Gasteiger partial charge in [0.15, 0.2) is 0 Å². The van der Waals surface area contributed by atoms with Crippen molar-refractivity contribution in [1.29, 1.82) is 0 Å². The maximum absolute atomic E-state index is 2.55. The van der Waals surface area contributed by atoms with Crippen molar-refractivity contribution >= 4 is 63.9 Å². The van der Waals surface area contributed by atoms with Crippen LogP contribution in [0.2, 0.25) is 0 Å². The molecule has 17 rings (SSSR count). The first kappa shape index (κ1) is 60.1. The van der Waals surface area contributed by atoms with E-state index in [1.807, 2.05) is 0 Å². The number of hydrogen-bond acceptors (Lipinski definition) is 2. The van der Waals surface area contributed by atoms with Gasteiger partial charge in [-0.2, -0.15) is 0 Å². The highest BCUT2D eigenvalue weighted by molar-refractivity contribution is 5.91. The van der Waals surface area contributed by atoms with Gasteiger partial charge in [0.25, 0.3) is 0 Å². The van der Waals surface area contributed by atoms with Crippen LogP contribution in [0.3, 0.4) is 0 Å². The Hall–Kier alpha value is -10.5. The summed E-state index contributed by atoms with van der Waals surface area (Å²) < 4.78 is 0. The quantitative estimate of drug-likeness (QED) is 0.113. The van der Waals surface area contributed by atoms with Gasteiger partial charge in [0.1, 0.15) is 0 Å². The second kappa shape index (κ2) is 23.4. The van der Waals surface area contributed by atoms with Crippen molar-refractivity contribution < 1.29 is 0 Å². The lowest BCUT2D eigenvalue weighted by Crippen LogP contribution is -2.24. The Morgan fingerprint density at radius 3 is 1.39 bits per heavy atom. The lowest BCUT2D eigenvalue weighted by molar-refractivity contribution is 0.660. The van der Waals surface area contributed by atoms with Gasteiger partial charge in [-0.25, -0.2) is 0 Å². The van der Waals surface area contributed by atoms with Gasteiger partial charge in [0.2, 0.25) is 0 Å². The average molecular weight is 1250 g/mol. The van der Waals surface area contributed by atoms with Crippen LogP contribution >= 0.6 is 0 Å². The number of benzene rings is 11. The molecule has 0 aliphatic heterocycles. The fourth-order valence-corrected chi connectivity index (χ4v) is 16.7. The van der Waals surface area contributed by atoms with E-state index in [0.29, 0.717) is 5.92 Å². The third kappa shape index (κ3) is 10.6. The molecule has 2 heteroatoms. The fraction of sp³-hybridized carbons (Fsp3) is 0.179. The number of anilines is 4. The minimum Gasteiger partial charge on any atom is -0.315 e. The van der Waals surface area contributed by atoms with Crippen LogP contribution in [0.5, 0.6) is 0 Å². The predicted octanol–water partition coefficient (Wildman–Crippen LogP) is 25.6. The first-order chi connectivity index (χ1) is 47.1. The summed E-state index contributed by atoms with van der Waals surface area (Å²) in [5.74, 6) is 0.373. The van der Waals surface area contributed by atoms with Crippen molar-refractivity contribution in [3.63, 3.8) is 0 Å². The Bertz CT molecular complexity index is 5290. The Kier molecular flexibility index (Phi) is 14.5. The minimum atomic E-state index is -0.206. The fourth-order valence-electron chi connectivity index (χ4n) is 16.7. The summed E-state index contributed by atoms with van der Waals surface area (Å²) in [6.45, 7) is 18.8. The van der Waals surface area contributed by atoms with Crippen LogP contribution in [0.15, 0.2) is 272 Å². The first-order valence-electron chi connectivity index (χ1n) is 35.1. The summed E-state index contributed by atoms with van der Waals surface area (Å²) >= 11 is 0. The summed E-state index contributed by atoms with van der Waals surface area (Å²) in [5, 5.41) is 2.51. The van der Waals surface area contributed by atoms with E-state index >= 15 is 0 Å². The summed E-state index contributed by atoms with van der Waals surface area (Å²) in [7, 11) is 0. The number of rotatable bonds is 12. The molecule has 0 saturated heterocycles. The Morgan fingerprint density at radius 1 is 0.392 bits per heavy atom. The zero-order valence-electron chi connectivity index (χ0n) is 57.1. The van der Waals surface area contributed by atoms with Crippen LogP contribution in [-0.4, -0.2) is 0 Å². The van der Waals surface area contributed by atoms with Crippen LogP contribution < -0.4 is 9.80 Å². The molecular weight excluding hydrogens is 1170 g/mol. The molecule has 11 aromatic rings. The highest BCUT2D eigenvalue weighted by Crippen LogP contribution is 2.54. The molecule has 0 aromatic heterocycles. The zero-order chi connectivity index (χ0) is 65.9. The first-order valence-corrected chi connectivity index (χ1v) is 35.1. The summed E-state index contributed by atoms with van der Waals surface area (Å²) in [6, 6.07) is 83.2. The molecule has 0 radical (unpaired) electrons. The van der Waals surface area contributed by atoms with Crippen LogP contribution in [0, 0.1) is 6.92 Å². The Balaban J connectivity index is 0.590. The zero-order valence-corrected chi connectivity index (χ0v) is 57.1. The average Bonchev–Trinajstić information content (AvgIpc) is 1.67. The number of aryl methyl sites for hydroxylation is 2. The van der Waals surface area contributed by atoms with Crippen molar-refractivity contribution in [3.8, 4) is 44.5 Å². The second-order valence-electron chi connectivity index (χ2n) is 29.7. The van der Waals surface area contributed by atoms with Crippen molar-refractivity contribution in [2.24, 2.45) is 0 Å². The highest BCUT2D eigenvalue weighted by Gasteiger charge is 2.39. The molecule has 2 nitrogen and oxygen atoms in total. The van der Waals surface area contributed by atoms with Crippen LogP contribution in [0.25, 0.3) is 85.7 Å². The third-order valence-electron chi connectivity index (χ3n) is 22.5. The van der Waals surface area contributed by atoms with Gasteiger partial charge < -0.3 is 9.80 Å². The van der Waals surface area contributed by atoms with E-state index in [9.17, 15) is 0 Å². The predicted molar refractivity (Wildman–Crippen MR) is 414 cm³/mol. The maximum atomic E-state index is 2.55.